The molecule has 0 saturated heterocycles. The zero-order valence-corrected chi connectivity index (χ0v) is 34.0. The van der Waals surface area contributed by atoms with E-state index in [4.69, 9.17) is 6.57 Å². The number of para-hydroxylation sites is 2. The molecule has 9 aromatic carbocycles. The van der Waals surface area contributed by atoms with E-state index in [1.165, 1.54) is 6.07 Å². The smallest absolute Gasteiger partial charge is 0.310 e. The van der Waals surface area contributed by atoms with Gasteiger partial charge in [0.15, 0.2) is 5.69 Å². The molecule has 0 aliphatic carbocycles. The van der Waals surface area contributed by atoms with Crippen LogP contribution in [0.2, 0.25) is 0 Å². The highest BCUT2D eigenvalue weighted by Crippen LogP contribution is 2.49. The Balaban J connectivity index is 1.26. The van der Waals surface area contributed by atoms with E-state index < -0.39 is 11.7 Å². The molecule has 0 amide bonds. The van der Waals surface area contributed by atoms with Gasteiger partial charge in [0.25, 0.3) is 0 Å². The van der Waals surface area contributed by atoms with Crippen molar-refractivity contribution in [3.05, 3.63) is 223 Å². The predicted octanol–water partition coefficient (Wildman–Crippen LogP) is 16.4. The maximum absolute atomic E-state index is 14.2. The molecule has 0 spiro atoms. The van der Waals surface area contributed by atoms with Gasteiger partial charge in [0.05, 0.1) is 39.9 Å². The van der Waals surface area contributed by atoms with Crippen LogP contribution in [0.5, 0.6) is 0 Å². The predicted molar refractivity (Wildman–Crippen MR) is 253 cm³/mol. The van der Waals surface area contributed by atoms with E-state index >= 15 is 0 Å². The van der Waals surface area contributed by atoms with Gasteiger partial charge >= 0.3 is 6.18 Å². The van der Waals surface area contributed by atoms with Gasteiger partial charge in [-0.2, -0.15) is 13.2 Å². The maximum atomic E-state index is 14.2. The first-order valence-electron chi connectivity index (χ1n) is 20.8. The van der Waals surface area contributed by atoms with Gasteiger partial charge in [-0.15, -0.1) is 0 Å². The summed E-state index contributed by atoms with van der Waals surface area (Å²) in [6.45, 7) is 10.4. The quantitative estimate of drug-likeness (QED) is 0.148. The van der Waals surface area contributed by atoms with E-state index in [-0.39, 0.29) is 0 Å². The topological polar surface area (TPSA) is 14.2 Å². The van der Waals surface area contributed by atoms with Crippen molar-refractivity contribution in [2.45, 2.75) is 13.1 Å². The fraction of sp³-hybridized carbons (Fsp3) is 0.0351. The lowest BCUT2D eigenvalue weighted by Crippen LogP contribution is -2.06. The van der Waals surface area contributed by atoms with Gasteiger partial charge in [-0.3, -0.25) is 0 Å². The Morgan fingerprint density at radius 1 is 0.413 bits per heavy atom. The number of rotatable bonds is 6. The Labute approximate surface area is 362 Å². The average molecular weight is 820 g/mol. The Hall–Kier alpha value is -8.14. The number of halogens is 3. The highest BCUT2D eigenvalue weighted by Gasteiger charge is 2.32. The van der Waals surface area contributed by atoms with Gasteiger partial charge in [-0.1, -0.05) is 140 Å². The molecule has 0 aliphatic rings. The number of fused-ring (bicyclic) bond motifs is 6. The van der Waals surface area contributed by atoms with Crippen LogP contribution in [-0.2, 0) is 6.18 Å². The lowest BCUT2D eigenvalue weighted by atomic mass is 9.88. The van der Waals surface area contributed by atoms with Gasteiger partial charge in [0, 0.05) is 38.4 Å². The minimum Gasteiger partial charge on any atom is -0.310 e. The SMILES string of the molecule is [C-]#[N+]c1cccc(-n2c3ccccc3c3cc(-c4ccccc4)ccc32)c1-c1c(-c2ccc(C(F)(F)F)cc2C)cccc1-n1c2ccccc2c2cc(-c3ccccc3)ccc21. The third kappa shape index (κ3) is 6.20. The number of hydrogen-bond donors (Lipinski definition) is 0. The first kappa shape index (κ1) is 37.8. The Kier molecular flexibility index (Phi) is 8.88. The lowest BCUT2D eigenvalue weighted by molar-refractivity contribution is -0.137. The molecular weight excluding hydrogens is 784 g/mol. The standard InChI is InChI=1S/C57H36F3N3/c1-36-33-41(57(58,59)60)29-30-42(36)45-21-13-25-53(62-49-23-11-9-19-43(49)46-34-39(27-31-51(46)62)37-15-5-3-6-16-37)55(45)56-48(61-2)22-14-26-54(56)63-50-24-12-10-20-44(50)47-35-40(28-32-52(47)63)38-17-7-4-8-18-38/h3-35H,1H3. The number of alkyl halides is 3. The summed E-state index contributed by atoms with van der Waals surface area (Å²) in [6.07, 6.45) is -4.50. The summed E-state index contributed by atoms with van der Waals surface area (Å²) in [6, 6.07) is 66.0. The lowest BCUT2D eigenvalue weighted by Gasteiger charge is -2.23. The van der Waals surface area contributed by atoms with Crippen molar-refractivity contribution in [2.75, 3.05) is 0 Å². The minimum atomic E-state index is -4.50. The van der Waals surface area contributed by atoms with Crippen molar-refractivity contribution in [2.24, 2.45) is 0 Å². The number of aromatic nitrogens is 2. The molecule has 300 valence electrons. The molecule has 63 heavy (non-hydrogen) atoms. The summed E-state index contributed by atoms with van der Waals surface area (Å²) in [4.78, 5) is 4.21. The van der Waals surface area contributed by atoms with Gasteiger partial charge in [-0.05, 0) is 107 Å². The summed E-state index contributed by atoms with van der Waals surface area (Å²) in [5.41, 5.74) is 12.8. The van der Waals surface area contributed by atoms with Crippen LogP contribution in [0.4, 0.5) is 18.9 Å². The molecule has 0 radical (unpaired) electrons. The molecule has 0 unspecified atom stereocenters. The van der Waals surface area contributed by atoms with Crippen LogP contribution >= 0.6 is 0 Å². The number of hydrogen-bond acceptors (Lipinski definition) is 0. The van der Waals surface area contributed by atoms with Gasteiger partial charge in [-0.25, -0.2) is 4.85 Å². The fourth-order valence-electron chi connectivity index (χ4n) is 9.51. The number of benzene rings is 9. The monoisotopic (exact) mass is 819 g/mol. The molecule has 0 fully saturated rings. The highest BCUT2D eigenvalue weighted by atomic mass is 19.4. The van der Waals surface area contributed by atoms with E-state index in [9.17, 15) is 13.2 Å². The normalized spacial score (nSPS) is 11.8. The number of nitrogens with zero attached hydrogens (tertiary/aromatic N) is 3. The van der Waals surface area contributed by atoms with Crippen molar-refractivity contribution in [3.63, 3.8) is 0 Å². The van der Waals surface area contributed by atoms with Gasteiger partial charge < -0.3 is 9.13 Å². The van der Waals surface area contributed by atoms with Crippen molar-refractivity contribution >= 4 is 49.3 Å². The zero-order chi connectivity index (χ0) is 42.8. The second kappa shape index (κ2) is 14.8. The molecule has 11 rings (SSSR count). The second-order valence-corrected chi connectivity index (χ2v) is 15.9. The van der Waals surface area contributed by atoms with E-state index in [0.717, 1.165) is 94.4 Å². The third-order valence-electron chi connectivity index (χ3n) is 12.3. The molecule has 0 N–H and O–H groups in total. The van der Waals surface area contributed by atoms with Crippen LogP contribution in [0.25, 0.3) is 104 Å². The van der Waals surface area contributed by atoms with Gasteiger partial charge in [0.2, 0.25) is 0 Å². The van der Waals surface area contributed by atoms with E-state index in [2.05, 4.69) is 111 Å². The summed E-state index contributed by atoms with van der Waals surface area (Å²) in [7, 11) is 0. The van der Waals surface area contributed by atoms with Crippen molar-refractivity contribution in [1.29, 1.82) is 0 Å². The Bertz CT molecular complexity index is 3630. The molecule has 6 heteroatoms. The average Bonchev–Trinajstić information content (AvgIpc) is 3.83. The van der Waals surface area contributed by atoms with Crippen molar-refractivity contribution in [3.8, 4) is 55.9 Å². The molecular formula is C57H36F3N3. The van der Waals surface area contributed by atoms with Crippen LogP contribution < -0.4 is 0 Å². The highest BCUT2D eigenvalue weighted by molar-refractivity contribution is 6.14. The van der Waals surface area contributed by atoms with E-state index in [1.54, 1.807) is 13.0 Å². The van der Waals surface area contributed by atoms with Crippen LogP contribution in [-0.4, -0.2) is 9.13 Å². The first-order valence-corrected chi connectivity index (χ1v) is 20.8. The second-order valence-electron chi connectivity index (χ2n) is 15.9. The molecule has 2 heterocycles. The van der Waals surface area contributed by atoms with Crippen LogP contribution in [0.3, 0.4) is 0 Å². The van der Waals surface area contributed by atoms with Crippen LogP contribution in [0, 0.1) is 13.5 Å². The van der Waals surface area contributed by atoms with Crippen LogP contribution in [0.1, 0.15) is 11.1 Å². The summed E-state index contributed by atoms with van der Waals surface area (Å²) >= 11 is 0. The molecule has 0 aliphatic heterocycles. The van der Waals surface area contributed by atoms with Crippen LogP contribution in [0.15, 0.2) is 200 Å². The Morgan fingerprint density at radius 2 is 0.905 bits per heavy atom. The summed E-state index contributed by atoms with van der Waals surface area (Å²) in [5, 5.41) is 4.25. The molecule has 0 bridgehead atoms. The fourth-order valence-corrected chi connectivity index (χ4v) is 9.51. The zero-order valence-electron chi connectivity index (χ0n) is 34.0. The molecule has 0 atom stereocenters. The molecule has 11 aromatic rings. The molecule has 3 nitrogen and oxygen atoms in total. The Morgan fingerprint density at radius 3 is 1.43 bits per heavy atom. The van der Waals surface area contributed by atoms with Crippen molar-refractivity contribution in [1.82, 2.24) is 9.13 Å². The maximum Gasteiger partial charge on any atom is 0.416 e. The third-order valence-corrected chi connectivity index (χ3v) is 12.3. The van der Waals surface area contributed by atoms with Crippen molar-refractivity contribution < 1.29 is 13.2 Å². The van der Waals surface area contributed by atoms with E-state index in [1.807, 2.05) is 84.9 Å². The first-order chi connectivity index (χ1) is 30.8. The minimum absolute atomic E-state index is 0.421. The van der Waals surface area contributed by atoms with Gasteiger partial charge in [0.1, 0.15) is 0 Å². The number of aryl methyl sites for hydroxylation is 1. The van der Waals surface area contributed by atoms with E-state index in [0.29, 0.717) is 22.4 Å². The molecule has 2 aromatic heterocycles. The summed E-state index contributed by atoms with van der Waals surface area (Å²) < 4.78 is 47.0. The largest absolute Gasteiger partial charge is 0.416 e. The molecule has 0 saturated carbocycles. The summed E-state index contributed by atoms with van der Waals surface area (Å²) in [5.74, 6) is 0.